The lowest BCUT2D eigenvalue weighted by Gasteiger charge is -2.60. The van der Waals surface area contributed by atoms with Crippen molar-refractivity contribution in [2.75, 3.05) is 5.32 Å². The predicted molar refractivity (Wildman–Crippen MR) is 102 cm³/mol. The van der Waals surface area contributed by atoms with E-state index < -0.39 is 0 Å². The molecule has 0 saturated heterocycles. The van der Waals surface area contributed by atoms with Crippen LogP contribution in [0.4, 0.5) is 5.95 Å². The maximum atomic E-state index is 12.8. The summed E-state index contributed by atoms with van der Waals surface area (Å²) in [6, 6.07) is 4.31. The fourth-order valence-corrected chi connectivity index (χ4v) is 5.63. The molecule has 0 aliphatic heterocycles. The number of anilines is 1. The SMILES string of the molecule is CC1(C)[C@@H]2CC[C@@H](CC(=O)Nc3nc4cccnc4n3C3CCC3)[C@H]1C2. The van der Waals surface area contributed by atoms with Gasteiger partial charge in [0, 0.05) is 18.7 Å². The standard InChI is InChI=1S/C21H28N4O/c1-21(2)14-9-8-13(16(21)12-14)11-18(26)24-20-23-17-7-4-10-22-19(17)25(20)15-5-3-6-15/h4,7,10,13-16H,3,5-6,8-9,11-12H2,1-2H3,(H,23,24,26)/t13-,14+,16+/m0/s1. The average molecular weight is 352 g/mol. The maximum Gasteiger partial charge on any atom is 0.226 e. The molecule has 5 nitrogen and oxygen atoms in total. The van der Waals surface area contributed by atoms with E-state index in [1.54, 1.807) is 0 Å². The Morgan fingerprint density at radius 3 is 2.85 bits per heavy atom. The van der Waals surface area contributed by atoms with Crippen molar-refractivity contribution in [3.63, 3.8) is 0 Å². The highest BCUT2D eigenvalue weighted by Crippen LogP contribution is 2.62. The smallest absolute Gasteiger partial charge is 0.226 e. The maximum absolute atomic E-state index is 12.8. The van der Waals surface area contributed by atoms with Crippen LogP contribution in [-0.2, 0) is 4.79 Å². The number of fused-ring (bicyclic) bond motifs is 3. The fraction of sp³-hybridized carbons (Fsp3) is 0.667. The molecule has 2 aromatic rings. The Morgan fingerprint density at radius 1 is 1.31 bits per heavy atom. The van der Waals surface area contributed by atoms with Gasteiger partial charge in [-0.05, 0) is 73.8 Å². The van der Waals surface area contributed by atoms with E-state index >= 15 is 0 Å². The van der Waals surface area contributed by atoms with Crippen molar-refractivity contribution >= 4 is 23.0 Å². The molecule has 0 unspecified atom stereocenters. The van der Waals surface area contributed by atoms with E-state index in [2.05, 4.69) is 33.7 Å². The number of amides is 1. The van der Waals surface area contributed by atoms with E-state index in [-0.39, 0.29) is 5.91 Å². The zero-order valence-electron chi connectivity index (χ0n) is 15.7. The first-order valence-electron chi connectivity index (χ1n) is 10.2. The van der Waals surface area contributed by atoms with Gasteiger partial charge in [0.25, 0.3) is 0 Å². The lowest BCUT2D eigenvalue weighted by atomic mass is 9.45. The molecule has 2 aromatic heterocycles. The number of carbonyl (C=O) groups excluding carboxylic acids is 1. The van der Waals surface area contributed by atoms with Crippen molar-refractivity contribution in [2.45, 2.75) is 64.8 Å². The summed E-state index contributed by atoms with van der Waals surface area (Å²) in [5.74, 6) is 2.91. The third kappa shape index (κ3) is 2.39. The van der Waals surface area contributed by atoms with Gasteiger partial charge in [0.2, 0.25) is 11.9 Å². The zero-order valence-corrected chi connectivity index (χ0v) is 15.7. The lowest BCUT2D eigenvalue weighted by Crippen LogP contribution is -2.52. The van der Waals surface area contributed by atoms with Crippen LogP contribution in [0, 0.1) is 23.2 Å². The summed E-state index contributed by atoms with van der Waals surface area (Å²) in [6.45, 7) is 4.77. The van der Waals surface area contributed by atoms with E-state index in [1.807, 2.05) is 18.3 Å². The molecule has 3 atom stereocenters. The van der Waals surface area contributed by atoms with E-state index in [4.69, 9.17) is 0 Å². The van der Waals surface area contributed by atoms with Crippen molar-refractivity contribution < 1.29 is 4.79 Å². The minimum atomic E-state index is 0.118. The van der Waals surface area contributed by atoms with Gasteiger partial charge in [0.1, 0.15) is 5.52 Å². The number of imidazole rings is 1. The van der Waals surface area contributed by atoms with Gasteiger partial charge in [-0.1, -0.05) is 13.8 Å². The van der Waals surface area contributed by atoms with Crippen LogP contribution in [0.15, 0.2) is 18.3 Å². The zero-order chi connectivity index (χ0) is 17.9. The van der Waals surface area contributed by atoms with Gasteiger partial charge < -0.3 is 0 Å². The molecule has 26 heavy (non-hydrogen) atoms. The molecule has 138 valence electrons. The number of pyridine rings is 1. The highest BCUT2D eigenvalue weighted by Gasteiger charge is 2.54. The highest BCUT2D eigenvalue weighted by atomic mass is 16.1. The summed E-state index contributed by atoms with van der Waals surface area (Å²) in [6.07, 6.45) is 9.76. The van der Waals surface area contributed by atoms with Crippen LogP contribution in [0.1, 0.15) is 64.8 Å². The molecule has 2 heterocycles. The van der Waals surface area contributed by atoms with Gasteiger partial charge in [-0.25, -0.2) is 9.97 Å². The Labute approximate surface area is 154 Å². The van der Waals surface area contributed by atoms with Crippen LogP contribution in [0.25, 0.3) is 11.2 Å². The monoisotopic (exact) mass is 352 g/mol. The second-order valence-corrected chi connectivity index (χ2v) is 9.19. The fourth-order valence-electron chi connectivity index (χ4n) is 5.63. The average Bonchev–Trinajstić information content (AvgIpc) is 2.91. The van der Waals surface area contributed by atoms with Crippen LogP contribution >= 0.6 is 0 Å². The molecule has 4 fully saturated rings. The second kappa shape index (κ2) is 5.80. The van der Waals surface area contributed by atoms with Gasteiger partial charge in [-0.2, -0.15) is 0 Å². The third-order valence-corrected chi connectivity index (χ3v) is 7.59. The van der Waals surface area contributed by atoms with Crippen molar-refractivity contribution in [3.05, 3.63) is 18.3 Å². The number of nitrogens with zero attached hydrogens (tertiary/aromatic N) is 3. The summed E-state index contributed by atoms with van der Waals surface area (Å²) in [4.78, 5) is 22.0. The summed E-state index contributed by atoms with van der Waals surface area (Å²) in [7, 11) is 0. The van der Waals surface area contributed by atoms with Crippen molar-refractivity contribution in [3.8, 4) is 0 Å². The molecule has 0 aromatic carbocycles. The number of hydrogen-bond donors (Lipinski definition) is 1. The normalized spacial score (nSPS) is 29.8. The third-order valence-electron chi connectivity index (χ3n) is 7.59. The molecule has 0 radical (unpaired) electrons. The number of aromatic nitrogens is 3. The first-order chi connectivity index (χ1) is 12.5. The molecular formula is C21H28N4O. The van der Waals surface area contributed by atoms with Gasteiger partial charge in [-0.3, -0.25) is 14.7 Å². The predicted octanol–water partition coefficient (Wildman–Crippen LogP) is 4.56. The largest absolute Gasteiger partial charge is 0.296 e. The minimum Gasteiger partial charge on any atom is -0.296 e. The van der Waals surface area contributed by atoms with Gasteiger partial charge in [-0.15, -0.1) is 0 Å². The molecule has 0 spiro atoms. The van der Waals surface area contributed by atoms with Gasteiger partial charge in [0.05, 0.1) is 0 Å². The van der Waals surface area contributed by atoms with Crippen molar-refractivity contribution in [1.29, 1.82) is 0 Å². The van der Waals surface area contributed by atoms with Gasteiger partial charge in [0.15, 0.2) is 5.65 Å². The molecule has 4 saturated carbocycles. The summed E-state index contributed by atoms with van der Waals surface area (Å²) in [5, 5.41) is 3.13. The number of carbonyl (C=O) groups is 1. The Bertz CT molecular complexity index is 849. The van der Waals surface area contributed by atoms with Crippen LogP contribution in [-0.4, -0.2) is 20.4 Å². The van der Waals surface area contributed by atoms with Crippen molar-refractivity contribution in [2.24, 2.45) is 23.2 Å². The topological polar surface area (TPSA) is 59.8 Å². The van der Waals surface area contributed by atoms with Crippen LogP contribution in [0.5, 0.6) is 0 Å². The van der Waals surface area contributed by atoms with Crippen LogP contribution in [0.3, 0.4) is 0 Å². The summed E-state index contributed by atoms with van der Waals surface area (Å²) < 4.78 is 2.15. The molecule has 5 heteroatoms. The Morgan fingerprint density at radius 2 is 2.15 bits per heavy atom. The Kier molecular flexibility index (Phi) is 3.63. The van der Waals surface area contributed by atoms with Crippen molar-refractivity contribution in [1.82, 2.24) is 14.5 Å². The van der Waals surface area contributed by atoms with E-state index in [1.165, 1.54) is 25.7 Å². The molecule has 4 aliphatic rings. The molecule has 6 rings (SSSR count). The van der Waals surface area contributed by atoms with E-state index in [9.17, 15) is 4.79 Å². The Hall–Kier alpha value is -1.91. The van der Waals surface area contributed by atoms with E-state index in [0.717, 1.165) is 29.9 Å². The second-order valence-electron chi connectivity index (χ2n) is 9.19. The van der Waals surface area contributed by atoms with E-state index in [0.29, 0.717) is 35.7 Å². The highest BCUT2D eigenvalue weighted by molar-refractivity contribution is 5.91. The lowest BCUT2D eigenvalue weighted by molar-refractivity contribution is -0.128. The first-order valence-corrected chi connectivity index (χ1v) is 10.2. The summed E-state index contributed by atoms with van der Waals surface area (Å²) in [5.41, 5.74) is 2.19. The van der Waals surface area contributed by atoms with Gasteiger partial charge >= 0.3 is 0 Å². The number of hydrogen-bond acceptors (Lipinski definition) is 3. The summed E-state index contributed by atoms with van der Waals surface area (Å²) >= 11 is 0. The van der Waals surface area contributed by atoms with Crippen LogP contribution in [0.2, 0.25) is 0 Å². The Balaban J connectivity index is 1.35. The number of nitrogens with one attached hydrogen (secondary N) is 1. The molecule has 4 aliphatic carbocycles. The minimum absolute atomic E-state index is 0.118. The molecule has 1 N–H and O–H groups in total. The quantitative estimate of drug-likeness (QED) is 0.877. The first kappa shape index (κ1) is 16.3. The van der Waals surface area contributed by atoms with Crippen LogP contribution < -0.4 is 5.32 Å². The molecular weight excluding hydrogens is 324 g/mol. The molecule has 1 amide bonds. The number of rotatable bonds is 4. The molecule has 2 bridgehead atoms.